The molecule has 1 heterocycles. The molecule has 10 heteroatoms. The van der Waals surface area contributed by atoms with Crippen molar-refractivity contribution < 1.29 is 24.2 Å². The first-order valence-corrected chi connectivity index (χ1v) is 9.00. The molecule has 0 aliphatic carbocycles. The summed E-state index contributed by atoms with van der Waals surface area (Å²) in [5.41, 5.74) is 3.18. The highest BCUT2D eigenvalue weighted by molar-refractivity contribution is 9.11. The summed E-state index contributed by atoms with van der Waals surface area (Å²) in [5.74, 6) is -0.874. The molecule has 1 saturated heterocycles. The molecule has 1 fully saturated rings. The molecule has 1 aromatic carbocycles. The number of carbonyl (C=O) groups is 2. The first-order chi connectivity index (χ1) is 12.0. The van der Waals surface area contributed by atoms with Crippen molar-refractivity contribution in [3.8, 4) is 5.75 Å². The lowest BCUT2D eigenvalue weighted by atomic mass is 10.2. The molecule has 8 nitrogen and oxygen atoms in total. The Morgan fingerprint density at radius 2 is 1.96 bits per heavy atom. The Labute approximate surface area is 161 Å². The van der Waals surface area contributed by atoms with Crippen LogP contribution in [0.5, 0.6) is 5.75 Å². The van der Waals surface area contributed by atoms with Gasteiger partial charge in [0.1, 0.15) is 5.75 Å². The van der Waals surface area contributed by atoms with Crippen molar-refractivity contribution in [2.24, 2.45) is 5.10 Å². The number of amides is 1. The topological polar surface area (TPSA) is 100 Å². The number of benzene rings is 1. The number of morpholine rings is 1. The van der Waals surface area contributed by atoms with Gasteiger partial charge in [-0.25, -0.2) is 10.2 Å². The van der Waals surface area contributed by atoms with Crippen molar-refractivity contribution in [2.45, 2.75) is 0 Å². The normalized spacial score (nSPS) is 15.3. The van der Waals surface area contributed by atoms with Gasteiger partial charge in [0.25, 0.3) is 5.91 Å². The second-order valence-electron chi connectivity index (χ2n) is 5.18. The van der Waals surface area contributed by atoms with Crippen LogP contribution in [-0.4, -0.2) is 67.6 Å². The van der Waals surface area contributed by atoms with Gasteiger partial charge < -0.3 is 14.6 Å². The van der Waals surface area contributed by atoms with E-state index in [-0.39, 0.29) is 12.5 Å². The third-order valence-corrected chi connectivity index (χ3v) is 4.41. The Balaban J connectivity index is 1.89. The molecule has 2 rings (SSSR count). The van der Waals surface area contributed by atoms with E-state index in [0.29, 0.717) is 33.5 Å². The Kier molecular flexibility index (Phi) is 7.82. The second-order valence-corrected chi connectivity index (χ2v) is 6.89. The predicted octanol–water partition coefficient (Wildman–Crippen LogP) is 1.46. The van der Waals surface area contributed by atoms with Gasteiger partial charge in [0.05, 0.1) is 34.9 Å². The SMILES string of the molecule is O=C(O)COc1c(Br)cc(/C=N/NC(=O)CN2CCOCC2)cc1Br. The summed E-state index contributed by atoms with van der Waals surface area (Å²) in [6, 6.07) is 3.42. The molecule has 0 aromatic heterocycles. The summed E-state index contributed by atoms with van der Waals surface area (Å²) in [5, 5.41) is 12.6. The largest absolute Gasteiger partial charge is 0.480 e. The van der Waals surface area contributed by atoms with Crippen LogP contribution in [0.3, 0.4) is 0 Å². The third kappa shape index (κ3) is 6.73. The molecule has 0 unspecified atom stereocenters. The minimum absolute atomic E-state index is 0.197. The second kappa shape index (κ2) is 9.85. The van der Waals surface area contributed by atoms with Crippen molar-refractivity contribution in [2.75, 3.05) is 39.5 Å². The zero-order valence-corrected chi connectivity index (χ0v) is 16.4. The van der Waals surface area contributed by atoms with E-state index in [1.165, 1.54) is 6.21 Å². The highest BCUT2D eigenvalue weighted by Gasteiger charge is 2.13. The fourth-order valence-electron chi connectivity index (χ4n) is 2.10. The van der Waals surface area contributed by atoms with Gasteiger partial charge in [0.15, 0.2) is 6.61 Å². The highest BCUT2D eigenvalue weighted by Crippen LogP contribution is 2.34. The number of hydrogen-bond donors (Lipinski definition) is 2. The Morgan fingerprint density at radius 1 is 1.32 bits per heavy atom. The third-order valence-electron chi connectivity index (χ3n) is 3.23. The van der Waals surface area contributed by atoms with E-state index in [9.17, 15) is 9.59 Å². The molecular formula is C15H17Br2N3O5. The number of hydrogen-bond acceptors (Lipinski definition) is 6. The van der Waals surface area contributed by atoms with Crippen molar-refractivity contribution in [3.05, 3.63) is 26.6 Å². The summed E-state index contributed by atoms with van der Waals surface area (Å²) < 4.78 is 11.6. The number of carbonyl (C=O) groups excluding carboxylic acids is 1. The van der Waals surface area contributed by atoms with Crippen LogP contribution < -0.4 is 10.2 Å². The molecule has 0 bridgehead atoms. The number of ether oxygens (including phenoxy) is 2. The number of nitrogens with zero attached hydrogens (tertiary/aromatic N) is 2. The van der Waals surface area contributed by atoms with Crippen LogP contribution in [0.4, 0.5) is 0 Å². The molecule has 1 aromatic rings. The van der Waals surface area contributed by atoms with Gasteiger partial charge in [0.2, 0.25) is 0 Å². The summed E-state index contributed by atoms with van der Waals surface area (Å²) in [7, 11) is 0. The number of nitrogens with one attached hydrogen (secondary N) is 1. The number of halogens is 2. The van der Waals surface area contributed by atoms with Crippen LogP contribution in [0.2, 0.25) is 0 Å². The molecule has 0 spiro atoms. The lowest BCUT2D eigenvalue weighted by Gasteiger charge is -2.25. The number of carboxylic acids is 1. The minimum Gasteiger partial charge on any atom is -0.480 e. The highest BCUT2D eigenvalue weighted by atomic mass is 79.9. The van der Waals surface area contributed by atoms with Crippen LogP contribution in [0, 0.1) is 0 Å². The number of hydrazone groups is 1. The van der Waals surface area contributed by atoms with Gasteiger partial charge in [-0.1, -0.05) is 0 Å². The molecule has 136 valence electrons. The molecular weight excluding hydrogens is 462 g/mol. The minimum atomic E-state index is -1.06. The first-order valence-electron chi connectivity index (χ1n) is 7.41. The van der Waals surface area contributed by atoms with E-state index < -0.39 is 12.6 Å². The molecule has 1 amide bonds. The molecule has 1 aliphatic rings. The lowest BCUT2D eigenvalue weighted by Crippen LogP contribution is -2.42. The van der Waals surface area contributed by atoms with Gasteiger partial charge in [-0.3, -0.25) is 9.69 Å². The smallest absolute Gasteiger partial charge is 0.341 e. The zero-order valence-electron chi connectivity index (χ0n) is 13.2. The molecule has 0 atom stereocenters. The first kappa shape index (κ1) is 19.8. The van der Waals surface area contributed by atoms with Crippen LogP contribution in [0.1, 0.15) is 5.56 Å². The quantitative estimate of drug-likeness (QED) is 0.454. The van der Waals surface area contributed by atoms with Crippen LogP contribution >= 0.6 is 31.9 Å². The molecule has 1 aliphatic heterocycles. The molecule has 25 heavy (non-hydrogen) atoms. The lowest BCUT2D eigenvalue weighted by molar-refractivity contribution is -0.139. The van der Waals surface area contributed by atoms with Gasteiger partial charge >= 0.3 is 5.97 Å². The maximum absolute atomic E-state index is 11.8. The zero-order chi connectivity index (χ0) is 18.2. The molecule has 0 saturated carbocycles. The summed E-state index contributed by atoms with van der Waals surface area (Å²) in [6.45, 7) is 2.56. The maximum atomic E-state index is 11.8. The van der Waals surface area contributed by atoms with Crippen molar-refractivity contribution in [1.82, 2.24) is 10.3 Å². The van der Waals surface area contributed by atoms with Crippen LogP contribution in [0.15, 0.2) is 26.2 Å². The van der Waals surface area contributed by atoms with E-state index in [1.807, 2.05) is 4.90 Å². The van der Waals surface area contributed by atoms with Gasteiger partial charge in [-0.2, -0.15) is 5.10 Å². The summed E-state index contributed by atoms with van der Waals surface area (Å²) >= 11 is 6.64. The Bertz CT molecular complexity index is 640. The molecule has 2 N–H and O–H groups in total. The maximum Gasteiger partial charge on any atom is 0.341 e. The van der Waals surface area contributed by atoms with Crippen molar-refractivity contribution >= 4 is 50.0 Å². The standard InChI is InChI=1S/C15H17Br2N3O5/c16-11-5-10(6-12(17)15(11)25-9-14(22)23)7-18-19-13(21)8-20-1-3-24-4-2-20/h5-7H,1-4,8-9H2,(H,19,21)(H,22,23)/b18-7+. The van der Waals surface area contributed by atoms with Gasteiger partial charge in [-0.15, -0.1) is 0 Å². The van der Waals surface area contributed by atoms with Crippen molar-refractivity contribution in [1.29, 1.82) is 0 Å². The average molecular weight is 479 g/mol. The summed E-state index contributed by atoms with van der Waals surface area (Å²) in [6.07, 6.45) is 1.49. The average Bonchev–Trinajstić information content (AvgIpc) is 2.54. The van der Waals surface area contributed by atoms with E-state index in [4.69, 9.17) is 14.6 Å². The van der Waals surface area contributed by atoms with Crippen LogP contribution in [0.25, 0.3) is 0 Å². The number of aliphatic carboxylic acids is 1. The van der Waals surface area contributed by atoms with E-state index >= 15 is 0 Å². The predicted molar refractivity (Wildman–Crippen MR) is 98.0 cm³/mol. The van der Waals surface area contributed by atoms with Crippen LogP contribution in [-0.2, 0) is 14.3 Å². The number of rotatable bonds is 7. The Hall–Kier alpha value is -1.49. The van der Waals surface area contributed by atoms with E-state index in [2.05, 4.69) is 42.4 Å². The van der Waals surface area contributed by atoms with E-state index in [0.717, 1.165) is 13.1 Å². The van der Waals surface area contributed by atoms with Gasteiger partial charge in [-0.05, 0) is 49.6 Å². The fraction of sp³-hybridized carbons (Fsp3) is 0.400. The fourth-order valence-corrected chi connectivity index (χ4v) is 3.55. The van der Waals surface area contributed by atoms with Crippen molar-refractivity contribution in [3.63, 3.8) is 0 Å². The monoisotopic (exact) mass is 477 g/mol. The molecule has 0 radical (unpaired) electrons. The van der Waals surface area contributed by atoms with Gasteiger partial charge in [0, 0.05) is 13.1 Å². The Morgan fingerprint density at radius 3 is 2.56 bits per heavy atom. The number of carboxylic acid groups (broad SMARTS) is 1. The summed E-state index contributed by atoms with van der Waals surface area (Å²) in [4.78, 5) is 24.4. The van der Waals surface area contributed by atoms with E-state index in [1.54, 1.807) is 12.1 Å².